The molecule has 1 aliphatic heterocycles. The molecule has 3 atom stereocenters. The van der Waals surface area contributed by atoms with Crippen LogP contribution in [0.15, 0.2) is 58.9 Å². The first-order valence-electron chi connectivity index (χ1n) is 11.1. The number of rotatable bonds is 6. The van der Waals surface area contributed by atoms with Crippen molar-refractivity contribution in [3.8, 4) is 11.5 Å². The molecule has 5 rings (SSSR count). The summed E-state index contributed by atoms with van der Waals surface area (Å²) in [6, 6.07) is 3.46. The quantitative estimate of drug-likeness (QED) is 0.650. The standard InChI is InChI=1S/C25H29N3O4/c1-30-22-6-4-5-17-18(22)8-7-16-13-27(14-20(16)17)9-10-28-15-26-21-12-24(32-3)23(31-2)11-19(21)25(28)29/h4-7,11-12,15,17-18,20H,8-10,13-14H2,1-3H3. The molecule has 3 aliphatic rings. The number of ether oxygens (including phenoxy) is 3. The summed E-state index contributed by atoms with van der Waals surface area (Å²) < 4.78 is 18.0. The van der Waals surface area contributed by atoms with Gasteiger partial charge in [0.2, 0.25) is 0 Å². The smallest absolute Gasteiger partial charge is 0.261 e. The predicted molar refractivity (Wildman–Crippen MR) is 123 cm³/mol. The largest absolute Gasteiger partial charge is 0.501 e. The molecule has 0 N–H and O–H groups in total. The molecule has 2 heterocycles. The lowest BCUT2D eigenvalue weighted by atomic mass is 9.70. The number of hydrogen-bond donors (Lipinski definition) is 0. The highest BCUT2D eigenvalue weighted by molar-refractivity contribution is 5.81. The van der Waals surface area contributed by atoms with Crippen LogP contribution in [-0.4, -0.2) is 55.4 Å². The second-order valence-corrected chi connectivity index (χ2v) is 8.67. The fourth-order valence-electron chi connectivity index (χ4n) is 5.40. The Labute approximate surface area is 187 Å². The van der Waals surface area contributed by atoms with Crippen LogP contribution in [0.2, 0.25) is 0 Å². The second kappa shape index (κ2) is 8.47. The lowest BCUT2D eigenvalue weighted by molar-refractivity contribution is 0.186. The van der Waals surface area contributed by atoms with Gasteiger partial charge in [-0.3, -0.25) is 14.3 Å². The number of methoxy groups -OCH3 is 3. The minimum Gasteiger partial charge on any atom is -0.501 e. The van der Waals surface area contributed by atoms with Crippen LogP contribution in [0.3, 0.4) is 0 Å². The SMILES string of the molecule is COC1=CC=CC2C3CN(CCn4cnc5cc(OC)c(OC)cc5c4=O)CC3=CCC12. The molecular formula is C25H29N3O4. The van der Waals surface area contributed by atoms with Gasteiger partial charge in [-0.05, 0) is 24.5 Å². The van der Waals surface area contributed by atoms with Gasteiger partial charge in [0, 0.05) is 44.1 Å². The van der Waals surface area contributed by atoms with Gasteiger partial charge >= 0.3 is 0 Å². The molecule has 32 heavy (non-hydrogen) atoms. The first-order chi connectivity index (χ1) is 15.6. The zero-order valence-corrected chi connectivity index (χ0v) is 18.8. The van der Waals surface area contributed by atoms with E-state index >= 15 is 0 Å². The number of likely N-dealkylation sites (tertiary alicyclic amines) is 1. The van der Waals surface area contributed by atoms with Crippen molar-refractivity contribution in [1.29, 1.82) is 0 Å². The van der Waals surface area contributed by atoms with Crippen LogP contribution in [0.1, 0.15) is 6.42 Å². The maximum absolute atomic E-state index is 13.1. The molecule has 7 heteroatoms. The van der Waals surface area contributed by atoms with Crippen LogP contribution in [0.4, 0.5) is 0 Å². The molecule has 7 nitrogen and oxygen atoms in total. The Balaban J connectivity index is 1.31. The maximum atomic E-state index is 13.1. The van der Waals surface area contributed by atoms with Crippen molar-refractivity contribution < 1.29 is 14.2 Å². The van der Waals surface area contributed by atoms with E-state index in [0.29, 0.717) is 46.7 Å². The van der Waals surface area contributed by atoms with Gasteiger partial charge in [-0.1, -0.05) is 23.8 Å². The first-order valence-corrected chi connectivity index (χ1v) is 11.1. The van der Waals surface area contributed by atoms with Crippen molar-refractivity contribution in [3.63, 3.8) is 0 Å². The van der Waals surface area contributed by atoms with Gasteiger partial charge in [0.15, 0.2) is 11.5 Å². The van der Waals surface area contributed by atoms with E-state index in [4.69, 9.17) is 14.2 Å². The summed E-state index contributed by atoms with van der Waals surface area (Å²) in [4.78, 5) is 20.0. The highest BCUT2D eigenvalue weighted by atomic mass is 16.5. The molecule has 0 spiro atoms. The molecule has 1 aromatic heterocycles. The Morgan fingerprint density at radius 1 is 1.06 bits per heavy atom. The van der Waals surface area contributed by atoms with Crippen molar-refractivity contribution in [3.05, 3.63) is 64.5 Å². The molecule has 2 aromatic rings. The van der Waals surface area contributed by atoms with Crippen molar-refractivity contribution in [2.24, 2.45) is 17.8 Å². The van der Waals surface area contributed by atoms with Crippen molar-refractivity contribution >= 4 is 10.9 Å². The minimum atomic E-state index is -0.0584. The Morgan fingerprint density at radius 3 is 2.66 bits per heavy atom. The molecule has 3 unspecified atom stereocenters. The molecule has 1 aromatic carbocycles. The van der Waals surface area contributed by atoms with E-state index in [1.165, 1.54) is 5.57 Å². The minimum absolute atomic E-state index is 0.0584. The number of allylic oxidation sites excluding steroid dienone is 5. The number of aromatic nitrogens is 2. The van der Waals surface area contributed by atoms with Gasteiger partial charge < -0.3 is 14.2 Å². The Morgan fingerprint density at radius 2 is 1.88 bits per heavy atom. The van der Waals surface area contributed by atoms with Gasteiger partial charge in [-0.15, -0.1) is 0 Å². The molecule has 1 saturated heterocycles. The number of hydrogen-bond acceptors (Lipinski definition) is 6. The van der Waals surface area contributed by atoms with E-state index in [1.54, 1.807) is 44.4 Å². The van der Waals surface area contributed by atoms with Gasteiger partial charge in [-0.2, -0.15) is 0 Å². The zero-order valence-electron chi connectivity index (χ0n) is 18.8. The Bertz CT molecular complexity index is 1180. The summed E-state index contributed by atoms with van der Waals surface area (Å²) in [5.74, 6) is 3.65. The molecule has 0 bridgehead atoms. The summed E-state index contributed by atoms with van der Waals surface area (Å²) in [6.45, 7) is 3.38. The third-order valence-corrected chi connectivity index (χ3v) is 7.08. The van der Waals surface area contributed by atoms with Gasteiger partial charge in [-0.25, -0.2) is 4.98 Å². The normalized spacial score (nSPS) is 24.5. The highest BCUT2D eigenvalue weighted by Crippen LogP contribution is 2.44. The lowest BCUT2D eigenvalue weighted by Gasteiger charge is -2.36. The average molecular weight is 436 g/mol. The summed E-state index contributed by atoms with van der Waals surface area (Å²) >= 11 is 0. The van der Waals surface area contributed by atoms with Crippen LogP contribution in [0.25, 0.3) is 10.9 Å². The van der Waals surface area contributed by atoms with E-state index in [2.05, 4.69) is 34.2 Å². The number of benzene rings is 1. The lowest BCUT2D eigenvalue weighted by Crippen LogP contribution is -2.32. The monoisotopic (exact) mass is 435 g/mol. The van der Waals surface area contributed by atoms with Crippen molar-refractivity contribution in [1.82, 2.24) is 14.5 Å². The topological polar surface area (TPSA) is 65.8 Å². The molecule has 0 amide bonds. The molecule has 0 radical (unpaired) electrons. The third kappa shape index (κ3) is 3.50. The summed E-state index contributed by atoms with van der Waals surface area (Å²) in [7, 11) is 4.91. The van der Waals surface area contributed by atoms with Gasteiger partial charge in [0.25, 0.3) is 5.56 Å². The van der Waals surface area contributed by atoms with Gasteiger partial charge in [0.05, 0.1) is 44.3 Å². The van der Waals surface area contributed by atoms with Crippen LogP contribution in [0.5, 0.6) is 11.5 Å². The summed E-state index contributed by atoms with van der Waals surface area (Å²) in [5, 5.41) is 0.539. The van der Waals surface area contributed by atoms with Crippen LogP contribution in [0, 0.1) is 17.8 Å². The first kappa shape index (κ1) is 20.8. The molecule has 1 fully saturated rings. The van der Waals surface area contributed by atoms with Crippen molar-refractivity contribution in [2.45, 2.75) is 13.0 Å². The van der Waals surface area contributed by atoms with E-state index in [9.17, 15) is 4.79 Å². The molecular weight excluding hydrogens is 406 g/mol. The molecule has 0 saturated carbocycles. The third-order valence-electron chi connectivity index (χ3n) is 7.08. The molecule has 168 valence electrons. The van der Waals surface area contributed by atoms with E-state index in [0.717, 1.165) is 31.8 Å². The maximum Gasteiger partial charge on any atom is 0.261 e. The second-order valence-electron chi connectivity index (χ2n) is 8.67. The zero-order chi connectivity index (χ0) is 22.2. The van der Waals surface area contributed by atoms with Crippen molar-refractivity contribution in [2.75, 3.05) is 41.0 Å². The van der Waals surface area contributed by atoms with E-state index < -0.39 is 0 Å². The summed E-state index contributed by atoms with van der Waals surface area (Å²) in [6.07, 6.45) is 11.6. The van der Waals surface area contributed by atoms with E-state index in [1.807, 2.05) is 0 Å². The predicted octanol–water partition coefficient (Wildman–Crippen LogP) is 3.01. The molecule has 2 aliphatic carbocycles. The fraction of sp³-hybridized carbons (Fsp3) is 0.440. The number of fused-ring (bicyclic) bond motifs is 4. The fourth-order valence-corrected chi connectivity index (χ4v) is 5.40. The average Bonchev–Trinajstić information content (AvgIpc) is 3.26. The van der Waals surface area contributed by atoms with Crippen LogP contribution < -0.4 is 15.0 Å². The Hall–Kier alpha value is -3.06. The Kier molecular flexibility index (Phi) is 5.51. The van der Waals surface area contributed by atoms with Crippen LogP contribution >= 0.6 is 0 Å². The van der Waals surface area contributed by atoms with Crippen LogP contribution in [-0.2, 0) is 11.3 Å². The number of nitrogens with zero attached hydrogens (tertiary/aromatic N) is 3. The summed E-state index contributed by atoms with van der Waals surface area (Å²) in [5.41, 5.74) is 2.07. The highest BCUT2D eigenvalue weighted by Gasteiger charge is 2.41. The van der Waals surface area contributed by atoms with Gasteiger partial charge in [0.1, 0.15) is 0 Å². The van der Waals surface area contributed by atoms with E-state index in [-0.39, 0.29) is 5.56 Å².